The predicted molar refractivity (Wildman–Crippen MR) is 149 cm³/mol. The van der Waals surface area contributed by atoms with Crippen LogP contribution in [-0.2, 0) is 32.1 Å². The van der Waals surface area contributed by atoms with Crippen LogP contribution in [0.5, 0.6) is 5.75 Å². The average Bonchev–Trinajstić information content (AvgIpc) is 3.29. The number of carbonyl (C=O) groups excluding carboxylic acids is 3. The lowest BCUT2D eigenvalue weighted by atomic mass is 9.86. The van der Waals surface area contributed by atoms with Gasteiger partial charge in [-0.2, -0.15) is 0 Å². The molecule has 0 aromatic heterocycles. The quantitative estimate of drug-likeness (QED) is 0.192. The molecule has 0 spiro atoms. The van der Waals surface area contributed by atoms with Gasteiger partial charge in [-0.15, -0.1) is 0 Å². The molecule has 0 saturated heterocycles. The Balaban J connectivity index is 1.70. The summed E-state index contributed by atoms with van der Waals surface area (Å²) in [6.45, 7) is 6.02. The highest BCUT2D eigenvalue weighted by Gasteiger charge is 2.29. The number of rotatable bonds is 13. The smallest absolute Gasteiger partial charge is 0.339 e. The summed E-state index contributed by atoms with van der Waals surface area (Å²) in [4.78, 5) is 48.5. The van der Waals surface area contributed by atoms with Crippen LogP contribution in [-0.4, -0.2) is 35.8 Å². The average molecular weight is 534 g/mol. The normalized spacial score (nSPS) is 12.8. The van der Waals surface area contributed by atoms with E-state index in [1.807, 2.05) is 26.8 Å². The molecule has 1 aliphatic heterocycles. The molecule has 1 heterocycles. The second-order valence-electron chi connectivity index (χ2n) is 9.65. The molecule has 2 aromatic carbocycles. The zero-order chi connectivity index (χ0) is 28.5. The van der Waals surface area contributed by atoms with E-state index in [0.717, 1.165) is 27.8 Å². The lowest BCUT2D eigenvalue weighted by molar-refractivity contribution is -0.137. The maximum atomic E-state index is 12.7. The summed E-state index contributed by atoms with van der Waals surface area (Å²) in [5.41, 5.74) is 6.46. The molecule has 0 radical (unpaired) electrons. The van der Waals surface area contributed by atoms with Crippen LogP contribution in [0.4, 0.5) is 5.69 Å². The van der Waals surface area contributed by atoms with Crippen LogP contribution in [0.1, 0.15) is 77.2 Å². The number of nitrogens with one attached hydrogen (secondary N) is 1. The van der Waals surface area contributed by atoms with Crippen LogP contribution >= 0.6 is 0 Å². The van der Waals surface area contributed by atoms with E-state index in [9.17, 15) is 19.2 Å². The lowest BCUT2D eigenvalue weighted by Gasteiger charge is -2.16. The third kappa shape index (κ3) is 7.89. The van der Waals surface area contributed by atoms with Crippen molar-refractivity contribution in [3.05, 3.63) is 75.4 Å². The van der Waals surface area contributed by atoms with E-state index in [2.05, 4.69) is 5.32 Å². The molecule has 0 atom stereocenters. The lowest BCUT2D eigenvalue weighted by Crippen LogP contribution is -2.11. The predicted octanol–water partition coefficient (Wildman–Crippen LogP) is 5.73. The molecule has 39 heavy (non-hydrogen) atoms. The zero-order valence-electron chi connectivity index (χ0n) is 22.9. The number of carbonyl (C=O) groups is 4. The number of hydrogen-bond acceptors (Lipinski definition) is 6. The number of methoxy groups -OCH3 is 1. The summed E-state index contributed by atoms with van der Waals surface area (Å²) >= 11 is 0. The van der Waals surface area contributed by atoms with Gasteiger partial charge in [0.15, 0.2) is 5.78 Å². The van der Waals surface area contributed by atoms with Crippen molar-refractivity contribution in [1.82, 2.24) is 0 Å². The summed E-state index contributed by atoms with van der Waals surface area (Å²) < 4.78 is 10.4. The van der Waals surface area contributed by atoms with Gasteiger partial charge in [0.25, 0.3) is 0 Å². The Labute approximate surface area is 228 Å². The van der Waals surface area contributed by atoms with Crippen molar-refractivity contribution in [1.29, 1.82) is 0 Å². The number of hydrogen-bond donors (Lipinski definition) is 2. The number of carboxylic acids is 1. The van der Waals surface area contributed by atoms with Crippen molar-refractivity contribution in [3.63, 3.8) is 0 Å². The topological polar surface area (TPSA) is 119 Å². The van der Waals surface area contributed by atoms with Crippen molar-refractivity contribution in [2.45, 2.75) is 65.9 Å². The van der Waals surface area contributed by atoms with Gasteiger partial charge in [0, 0.05) is 30.5 Å². The van der Waals surface area contributed by atoms with E-state index in [1.54, 1.807) is 37.5 Å². The first kappa shape index (κ1) is 29.4. The van der Waals surface area contributed by atoms with Crippen LogP contribution < -0.4 is 10.1 Å². The fourth-order valence-corrected chi connectivity index (χ4v) is 4.49. The van der Waals surface area contributed by atoms with E-state index in [-0.39, 0.29) is 37.6 Å². The molecule has 2 N–H and O–H groups in total. The maximum absolute atomic E-state index is 12.7. The number of cyclic esters (lactones) is 1. The first-order valence-electron chi connectivity index (χ1n) is 12.9. The highest BCUT2D eigenvalue weighted by Crippen LogP contribution is 2.34. The number of amides is 1. The third-order valence-electron chi connectivity index (χ3n) is 6.94. The molecule has 3 rings (SSSR count). The summed E-state index contributed by atoms with van der Waals surface area (Å²) in [5.74, 6) is -0.900. The zero-order valence-corrected chi connectivity index (χ0v) is 22.9. The fourth-order valence-electron chi connectivity index (χ4n) is 4.49. The van der Waals surface area contributed by atoms with Crippen LogP contribution in [0.2, 0.25) is 0 Å². The Bertz CT molecular complexity index is 1320. The molecule has 0 unspecified atom stereocenters. The van der Waals surface area contributed by atoms with Gasteiger partial charge < -0.3 is 19.9 Å². The van der Waals surface area contributed by atoms with Crippen molar-refractivity contribution in [3.8, 4) is 5.75 Å². The van der Waals surface area contributed by atoms with Gasteiger partial charge in [-0.05, 0) is 92.6 Å². The molecule has 8 nitrogen and oxygen atoms in total. The maximum Gasteiger partial charge on any atom is 0.339 e. The third-order valence-corrected chi connectivity index (χ3v) is 6.94. The summed E-state index contributed by atoms with van der Waals surface area (Å²) in [5, 5.41) is 11.8. The van der Waals surface area contributed by atoms with Gasteiger partial charge in [0.05, 0.1) is 12.7 Å². The summed E-state index contributed by atoms with van der Waals surface area (Å²) in [6, 6.07) is 7.01. The molecule has 8 heteroatoms. The van der Waals surface area contributed by atoms with Gasteiger partial charge >= 0.3 is 11.9 Å². The highest BCUT2D eigenvalue weighted by atomic mass is 16.5. The molecule has 0 aliphatic carbocycles. The Kier molecular flexibility index (Phi) is 10.2. The Morgan fingerprint density at radius 2 is 1.77 bits per heavy atom. The minimum Gasteiger partial charge on any atom is -0.497 e. The molecular formula is C31H35NO7. The van der Waals surface area contributed by atoms with Crippen molar-refractivity contribution in [2.75, 3.05) is 12.4 Å². The Morgan fingerprint density at radius 1 is 1.05 bits per heavy atom. The molecule has 2 aromatic rings. The standard InChI is InChI=1S/C31H35NO7/c1-19(9-17-29(35)36)8-15-25-20(2)21(3)27-18-39-31(37)30(27)26(25)16-12-23(33)6-5-7-28(34)32-22-10-13-24(38-4)14-11-22/h8,10-14,16H,5-7,9,15,17-18H2,1-4H3,(H,32,34)(H,35,36)/b16-12-,19-8+. The number of benzene rings is 2. The largest absolute Gasteiger partial charge is 0.497 e. The molecule has 1 aliphatic rings. The van der Waals surface area contributed by atoms with E-state index in [1.165, 1.54) is 6.08 Å². The monoisotopic (exact) mass is 533 g/mol. The van der Waals surface area contributed by atoms with Crippen LogP contribution in [0.25, 0.3) is 6.08 Å². The van der Waals surface area contributed by atoms with Gasteiger partial charge in [0.2, 0.25) is 5.91 Å². The number of allylic oxidation sites excluding steroid dienone is 3. The first-order chi connectivity index (χ1) is 18.6. The number of ether oxygens (including phenoxy) is 2. The van der Waals surface area contributed by atoms with Gasteiger partial charge in [-0.3, -0.25) is 14.4 Å². The Morgan fingerprint density at radius 3 is 2.44 bits per heavy atom. The van der Waals surface area contributed by atoms with Crippen molar-refractivity contribution < 1.29 is 33.8 Å². The van der Waals surface area contributed by atoms with Crippen molar-refractivity contribution >= 4 is 35.4 Å². The first-order valence-corrected chi connectivity index (χ1v) is 12.9. The molecule has 0 saturated carbocycles. The molecule has 0 fully saturated rings. The summed E-state index contributed by atoms with van der Waals surface area (Å²) in [6.07, 6.45) is 6.87. The second-order valence-corrected chi connectivity index (χ2v) is 9.65. The number of aliphatic carboxylic acids is 1. The second kappa shape index (κ2) is 13.6. The number of esters is 1. The molecule has 0 bridgehead atoms. The minimum atomic E-state index is -0.851. The van der Waals surface area contributed by atoms with E-state index >= 15 is 0 Å². The van der Waals surface area contributed by atoms with E-state index in [0.29, 0.717) is 41.8 Å². The number of fused-ring (bicyclic) bond motifs is 1. The highest BCUT2D eigenvalue weighted by molar-refractivity contribution is 6.01. The number of anilines is 1. The van der Waals surface area contributed by atoms with Gasteiger partial charge in [-0.25, -0.2) is 4.79 Å². The van der Waals surface area contributed by atoms with Crippen LogP contribution in [0, 0.1) is 13.8 Å². The minimum absolute atomic E-state index is 0.0518. The number of ketones is 1. The molecular weight excluding hydrogens is 498 g/mol. The van der Waals surface area contributed by atoms with E-state index < -0.39 is 11.9 Å². The van der Waals surface area contributed by atoms with Crippen molar-refractivity contribution in [2.24, 2.45) is 0 Å². The van der Waals surface area contributed by atoms with E-state index in [4.69, 9.17) is 14.6 Å². The fraction of sp³-hybridized carbons (Fsp3) is 0.355. The molecule has 1 amide bonds. The van der Waals surface area contributed by atoms with Gasteiger partial charge in [-0.1, -0.05) is 17.7 Å². The van der Waals surface area contributed by atoms with Gasteiger partial charge in [0.1, 0.15) is 12.4 Å². The molecule has 206 valence electrons. The summed E-state index contributed by atoms with van der Waals surface area (Å²) in [7, 11) is 1.57. The van der Waals surface area contributed by atoms with Crippen LogP contribution in [0.15, 0.2) is 42.0 Å². The number of carboxylic acid groups (broad SMARTS) is 1. The SMILES string of the molecule is COc1ccc(NC(=O)CCCC(=O)/C=C\c2c(C/C=C(\C)CCC(=O)O)c(C)c(C)c3c2C(=O)OC3)cc1. The Hall–Kier alpha value is -4.20. The van der Waals surface area contributed by atoms with Crippen LogP contribution in [0.3, 0.4) is 0 Å².